The molecule has 0 rings (SSSR count). The number of amides is 1. The zero-order valence-corrected chi connectivity index (χ0v) is 5.99. The van der Waals surface area contributed by atoms with Crippen molar-refractivity contribution >= 4 is 17.5 Å². The van der Waals surface area contributed by atoms with Crippen molar-refractivity contribution in [3.8, 4) is 0 Å². The SMILES string of the molecule is CNC(=O)C(Cl)=C(C)O. The van der Waals surface area contributed by atoms with Crippen LogP contribution in [0.4, 0.5) is 0 Å². The molecule has 0 saturated carbocycles. The summed E-state index contributed by atoms with van der Waals surface area (Å²) in [6.07, 6.45) is 0. The van der Waals surface area contributed by atoms with Crippen LogP contribution in [0.1, 0.15) is 6.92 Å². The first kappa shape index (κ1) is 8.30. The molecule has 0 aromatic heterocycles. The van der Waals surface area contributed by atoms with Crippen molar-refractivity contribution in [3.05, 3.63) is 10.8 Å². The third-order valence-corrected chi connectivity index (χ3v) is 1.19. The summed E-state index contributed by atoms with van der Waals surface area (Å²) in [5.74, 6) is -0.646. The lowest BCUT2D eigenvalue weighted by Crippen LogP contribution is -2.18. The van der Waals surface area contributed by atoms with Gasteiger partial charge in [0.1, 0.15) is 10.8 Å². The highest BCUT2D eigenvalue weighted by Gasteiger charge is 2.05. The lowest BCUT2D eigenvalue weighted by molar-refractivity contribution is -0.116. The van der Waals surface area contributed by atoms with Gasteiger partial charge in [-0.25, -0.2) is 0 Å². The van der Waals surface area contributed by atoms with E-state index in [-0.39, 0.29) is 10.8 Å². The maximum atomic E-state index is 10.5. The van der Waals surface area contributed by atoms with E-state index in [1.807, 2.05) is 0 Å². The fourth-order valence-electron chi connectivity index (χ4n) is 0.274. The first-order chi connectivity index (χ1) is 4.09. The summed E-state index contributed by atoms with van der Waals surface area (Å²) in [6.45, 7) is 1.34. The van der Waals surface area contributed by atoms with Crippen molar-refractivity contribution in [1.29, 1.82) is 0 Å². The molecule has 0 unspecified atom stereocenters. The molecule has 0 aliphatic heterocycles. The first-order valence-electron chi connectivity index (χ1n) is 2.37. The summed E-state index contributed by atoms with van der Waals surface area (Å²) in [7, 11) is 1.44. The first-order valence-corrected chi connectivity index (χ1v) is 2.74. The lowest BCUT2D eigenvalue weighted by Gasteiger charge is -1.96. The van der Waals surface area contributed by atoms with Gasteiger partial charge in [-0.2, -0.15) is 0 Å². The normalized spacial score (nSPS) is 12.3. The van der Waals surface area contributed by atoms with E-state index in [0.717, 1.165) is 0 Å². The third-order valence-electron chi connectivity index (χ3n) is 0.744. The Morgan fingerprint density at radius 3 is 2.22 bits per heavy atom. The second kappa shape index (κ2) is 3.35. The Balaban J connectivity index is 4.21. The monoisotopic (exact) mass is 149 g/mol. The van der Waals surface area contributed by atoms with Crippen LogP contribution in [-0.4, -0.2) is 18.1 Å². The smallest absolute Gasteiger partial charge is 0.265 e. The third kappa shape index (κ3) is 2.37. The molecule has 0 atom stereocenters. The van der Waals surface area contributed by atoms with E-state index in [1.54, 1.807) is 0 Å². The Morgan fingerprint density at radius 2 is 2.11 bits per heavy atom. The van der Waals surface area contributed by atoms with Crippen molar-refractivity contribution in [2.24, 2.45) is 0 Å². The number of likely N-dealkylation sites (N-methyl/N-ethyl adjacent to an activating group) is 1. The molecule has 0 fully saturated rings. The number of aliphatic hydroxyl groups is 1. The second-order valence-corrected chi connectivity index (χ2v) is 1.86. The predicted octanol–water partition coefficient (Wildman–Crippen LogP) is 0.761. The highest BCUT2D eigenvalue weighted by molar-refractivity contribution is 6.42. The molecule has 0 heterocycles. The van der Waals surface area contributed by atoms with Gasteiger partial charge in [-0.15, -0.1) is 0 Å². The van der Waals surface area contributed by atoms with Crippen LogP contribution in [0.5, 0.6) is 0 Å². The van der Waals surface area contributed by atoms with Crippen LogP contribution in [0.25, 0.3) is 0 Å². The van der Waals surface area contributed by atoms with Gasteiger partial charge in [-0.3, -0.25) is 4.79 Å². The molecule has 0 aliphatic rings. The van der Waals surface area contributed by atoms with Crippen molar-refractivity contribution in [2.45, 2.75) is 6.92 Å². The zero-order chi connectivity index (χ0) is 7.44. The maximum absolute atomic E-state index is 10.5. The van der Waals surface area contributed by atoms with Gasteiger partial charge in [0.25, 0.3) is 5.91 Å². The Morgan fingerprint density at radius 1 is 1.67 bits per heavy atom. The number of aliphatic hydroxyl groups excluding tert-OH is 1. The lowest BCUT2D eigenvalue weighted by atomic mass is 10.4. The Hall–Kier alpha value is -0.700. The summed E-state index contributed by atoms with van der Waals surface area (Å²) in [5, 5.41) is 10.7. The average molecular weight is 150 g/mol. The molecule has 0 bridgehead atoms. The fraction of sp³-hybridized carbons (Fsp3) is 0.400. The molecule has 0 aliphatic carbocycles. The number of rotatable bonds is 1. The molecule has 4 heteroatoms. The average Bonchev–Trinajstić information content (AvgIpc) is 1.84. The molecule has 0 spiro atoms. The second-order valence-electron chi connectivity index (χ2n) is 1.48. The number of carbonyl (C=O) groups is 1. The summed E-state index contributed by atoms with van der Waals surface area (Å²) in [6, 6.07) is 0. The van der Waals surface area contributed by atoms with Crippen molar-refractivity contribution < 1.29 is 9.90 Å². The minimum atomic E-state index is -0.475. The van der Waals surface area contributed by atoms with Crippen molar-refractivity contribution in [3.63, 3.8) is 0 Å². The van der Waals surface area contributed by atoms with Gasteiger partial charge in [0, 0.05) is 7.05 Å². The number of nitrogens with one attached hydrogen (secondary N) is 1. The van der Waals surface area contributed by atoms with Crippen LogP contribution < -0.4 is 5.32 Å². The standard InChI is InChI=1S/C5H8ClNO2/c1-3(8)4(6)5(9)7-2/h8H,1-2H3,(H,7,9). The van der Waals surface area contributed by atoms with E-state index < -0.39 is 5.91 Å². The van der Waals surface area contributed by atoms with E-state index >= 15 is 0 Å². The topological polar surface area (TPSA) is 49.3 Å². The highest BCUT2D eigenvalue weighted by atomic mass is 35.5. The van der Waals surface area contributed by atoms with E-state index in [4.69, 9.17) is 16.7 Å². The van der Waals surface area contributed by atoms with Crippen LogP contribution in [0.15, 0.2) is 10.8 Å². The van der Waals surface area contributed by atoms with Crippen LogP contribution >= 0.6 is 11.6 Å². The molecule has 0 radical (unpaired) electrons. The van der Waals surface area contributed by atoms with Gasteiger partial charge in [0.05, 0.1) is 0 Å². The minimum Gasteiger partial charge on any atom is -0.511 e. The fourth-order valence-corrected chi connectivity index (χ4v) is 0.369. The number of hydrogen-bond acceptors (Lipinski definition) is 2. The number of allylic oxidation sites excluding steroid dienone is 1. The Kier molecular flexibility index (Phi) is 3.09. The molecular formula is C5H8ClNO2. The molecular weight excluding hydrogens is 142 g/mol. The van der Waals surface area contributed by atoms with Gasteiger partial charge in [-0.1, -0.05) is 11.6 Å². The quantitative estimate of drug-likeness (QED) is 0.427. The molecule has 52 valence electrons. The highest BCUT2D eigenvalue weighted by Crippen LogP contribution is 2.04. The minimum absolute atomic E-state index is 0.169. The van der Waals surface area contributed by atoms with E-state index in [2.05, 4.69) is 5.32 Å². The zero-order valence-electron chi connectivity index (χ0n) is 5.23. The van der Waals surface area contributed by atoms with E-state index in [9.17, 15) is 4.79 Å². The molecule has 1 amide bonds. The van der Waals surface area contributed by atoms with Gasteiger partial charge >= 0.3 is 0 Å². The summed E-state index contributed by atoms with van der Waals surface area (Å²) < 4.78 is 0. The predicted molar refractivity (Wildman–Crippen MR) is 35.2 cm³/mol. The van der Waals surface area contributed by atoms with Crippen LogP contribution in [0.2, 0.25) is 0 Å². The number of halogens is 1. The Labute approximate surface area is 58.3 Å². The van der Waals surface area contributed by atoms with Crippen molar-refractivity contribution in [2.75, 3.05) is 7.05 Å². The molecule has 9 heavy (non-hydrogen) atoms. The maximum Gasteiger partial charge on any atom is 0.265 e. The molecule has 0 aromatic carbocycles. The van der Waals surface area contributed by atoms with Gasteiger partial charge in [0.15, 0.2) is 0 Å². The summed E-state index contributed by atoms with van der Waals surface area (Å²) >= 11 is 5.28. The molecule has 0 saturated heterocycles. The molecule has 3 nitrogen and oxygen atoms in total. The largest absolute Gasteiger partial charge is 0.511 e. The van der Waals surface area contributed by atoms with Gasteiger partial charge < -0.3 is 10.4 Å². The van der Waals surface area contributed by atoms with Gasteiger partial charge in [-0.05, 0) is 6.92 Å². The summed E-state index contributed by atoms with van der Waals surface area (Å²) in [4.78, 5) is 10.5. The molecule has 2 N–H and O–H groups in total. The Bertz CT molecular complexity index is 149. The van der Waals surface area contributed by atoms with E-state index in [0.29, 0.717) is 0 Å². The summed E-state index contributed by atoms with van der Waals surface area (Å²) in [5.41, 5.74) is 0. The van der Waals surface area contributed by atoms with Crippen molar-refractivity contribution in [1.82, 2.24) is 5.32 Å². The number of hydrogen-bond donors (Lipinski definition) is 2. The van der Waals surface area contributed by atoms with Crippen LogP contribution in [0.3, 0.4) is 0 Å². The van der Waals surface area contributed by atoms with Crippen LogP contribution in [0, 0.1) is 0 Å². The van der Waals surface area contributed by atoms with Crippen LogP contribution in [-0.2, 0) is 4.79 Å². The number of carbonyl (C=O) groups excluding carboxylic acids is 1. The van der Waals surface area contributed by atoms with Gasteiger partial charge in [0.2, 0.25) is 0 Å². The molecule has 0 aromatic rings. The van der Waals surface area contributed by atoms with E-state index in [1.165, 1.54) is 14.0 Å².